The van der Waals surface area contributed by atoms with E-state index in [9.17, 15) is 15.3 Å². The summed E-state index contributed by atoms with van der Waals surface area (Å²) in [5.41, 5.74) is 14.2. The van der Waals surface area contributed by atoms with E-state index in [1.165, 1.54) is 38.9 Å². The Balaban J connectivity index is 2.22. The van der Waals surface area contributed by atoms with Gasteiger partial charge in [-0.25, -0.2) is 0 Å². The van der Waals surface area contributed by atoms with E-state index < -0.39 is 5.41 Å². The van der Waals surface area contributed by atoms with Gasteiger partial charge in [0.1, 0.15) is 17.2 Å². The summed E-state index contributed by atoms with van der Waals surface area (Å²) in [6.07, 6.45) is 6.57. The van der Waals surface area contributed by atoms with Gasteiger partial charge in [0.2, 0.25) is 0 Å². The Morgan fingerprint density at radius 3 is 1.22 bits per heavy atom. The quantitative estimate of drug-likeness (QED) is 0.118. The highest BCUT2D eigenvalue weighted by Gasteiger charge is 2.38. The van der Waals surface area contributed by atoms with Crippen molar-refractivity contribution in [3.05, 3.63) is 121 Å². The zero-order chi connectivity index (χ0) is 36.2. The zero-order valence-electron chi connectivity index (χ0n) is 32.3. The SMILES string of the molecule is CCCc1cc(C(C)c2cc(CC)c(O)c(CC)c2)c(C(C)C)c(C(C)(c2cc(CC)c(O)c(CC)c2)c2cc(CC)c(O)c(CC)c2)c1. The number of hydrogen-bond donors (Lipinski definition) is 3. The van der Waals surface area contributed by atoms with Crippen molar-refractivity contribution in [1.29, 1.82) is 0 Å². The Labute approximate surface area is 297 Å². The van der Waals surface area contributed by atoms with E-state index in [0.717, 1.165) is 84.7 Å². The molecule has 3 N–H and O–H groups in total. The molecule has 0 spiro atoms. The number of hydrogen-bond acceptors (Lipinski definition) is 3. The number of aryl methyl sites for hydroxylation is 7. The van der Waals surface area contributed by atoms with Crippen molar-refractivity contribution in [2.24, 2.45) is 0 Å². The molecule has 0 amide bonds. The summed E-state index contributed by atoms with van der Waals surface area (Å²) in [4.78, 5) is 0. The van der Waals surface area contributed by atoms with E-state index in [1.807, 2.05) is 0 Å². The molecule has 0 heterocycles. The molecule has 0 aromatic heterocycles. The molecule has 3 heteroatoms. The smallest absolute Gasteiger partial charge is 0.121 e. The van der Waals surface area contributed by atoms with Gasteiger partial charge in [0.25, 0.3) is 0 Å². The molecule has 4 aromatic rings. The van der Waals surface area contributed by atoms with Crippen molar-refractivity contribution in [1.82, 2.24) is 0 Å². The fourth-order valence-electron chi connectivity index (χ4n) is 8.00. The molecule has 0 aliphatic rings. The second kappa shape index (κ2) is 15.9. The van der Waals surface area contributed by atoms with Gasteiger partial charge < -0.3 is 15.3 Å². The molecule has 4 aromatic carbocycles. The molecule has 0 bridgehead atoms. The van der Waals surface area contributed by atoms with Gasteiger partial charge in [-0.2, -0.15) is 0 Å². The second-order valence-electron chi connectivity index (χ2n) is 14.5. The third-order valence-electron chi connectivity index (χ3n) is 11.2. The molecule has 0 radical (unpaired) electrons. The first kappa shape index (κ1) is 38.1. The van der Waals surface area contributed by atoms with E-state index in [2.05, 4.69) is 125 Å². The van der Waals surface area contributed by atoms with Crippen LogP contribution in [0.3, 0.4) is 0 Å². The summed E-state index contributed by atoms with van der Waals surface area (Å²) >= 11 is 0. The van der Waals surface area contributed by atoms with Gasteiger partial charge in [0.15, 0.2) is 0 Å². The largest absolute Gasteiger partial charge is 0.507 e. The minimum absolute atomic E-state index is 0.114. The van der Waals surface area contributed by atoms with Crippen LogP contribution in [0.2, 0.25) is 0 Å². The van der Waals surface area contributed by atoms with E-state index in [0.29, 0.717) is 17.2 Å². The maximum absolute atomic E-state index is 11.3. The van der Waals surface area contributed by atoms with Gasteiger partial charge in [-0.05, 0) is 130 Å². The maximum Gasteiger partial charge on any atom is 0.121 e. The lowest BCUT2D eigenvalue weighted by atomic mass is 9.65. The Morgan fingerprint density at radius 1 is 0.531 bits per heavy atom. The monoisotopic (exact) mass is 662 g/mol. The lowest BCUT2D eigenvalue weighted by Crippen LogP contribution is -2.29. The normalized spacial score (nSPS) is 12.6. The first-order chi connectivity index (χ1) is 23.3. The van der Waals surface area contributed by atoms with Crippen LogP contribution in [-0.2, 0) is 50.4 Å². The van der Waals surface area contributed by atoms with E-state index in [1.54, 1.807) is 0 Å². The van der Waals surface area contributed by atoms with Gasteiger partial charge in [-0.3, -0.25) is 0 Å². The van der Waals surface area contributed by atoms with Crippen molar-refractivity contribution in [3.8, 4) is 17.2 Å². The standard InChI is InChI=1S/C46H62O3/c1-12-19-30-20-40(29(10)37-22-31(13-2)43(47)32(14-3)23-37)42(28(8)9)41(21-30)46(11,38-24-33(15-4)44(48)34(16-5)25-38)39-26-35(17-6)45(49)36(18-7)27-39/h20-29,47-49H,12-19H2,1-11H3. The summed E-state index contributed by atoms with van der Waals surface area (Å²) in [6, 6.07) is 18.3. The highest BCUT2D eigenvalue weighted by atomic mass is 16.3. The molecule has 4 rings (SSSR count). The Morgan fingerprint density at radius 2 is 0.898 bits per heavy atom. The summed E-state index contributed by atoms with van der Waals surface area (Å²) in [5, 5.41) is 33.5. The molecule has 1 unspecified atom stereocenters. The number of phenols is 3. The first-order valence-electron chi connectivity index (χ1n) is 19.1. The number of rotatable bonds is 14. The van der Waals surface area contributed by atoms with Crippen LogP contribution in [0.1, 0.15) is 167 Å². The van der Waals surface area contributed by atoms with Crippen molar-refractivity contribution >= 4 is 0 Å². The molecule has 0 aliphatic heterocycles. The van der Waals surface area contributed by atoms with E-state index in [4.69, 9.17) is 0 Å². The third-order valence-corrected chi connectivity index (χ3v) is 11.2. The highest BCUT2D eigenvalue weighted by Crippen LogP contribution is 2.49. The van der Waals surface area contributed by atoms with Crippen LogP contribution in [-0.4, -0.2) is 15.3 Å². The van der Waals surface area contributed by atoms with Crippen LogP contribution in [0.15, 0.2) is 48.5 Å². The van der Waals surface area contributed by atoms with Crippen LogP contribution >= 0.6 is 0 Å². The van der Waals surface area contributed by atoms with Crippen molar-refractivity contribution in [2.75, 3.05) is 0 Å². The third kappa shape index (κ3) is 7.14. The molecular weight excluding hydrogens is 601 g/mol. The fraction of sp³-hybridized carbons (Fsp3) is 0.478. The van der Waals surface area contributed by atoms with E-state index in [-0.39, 0.29) is 11.8 Å². The van der Waals surface area contributed by atoms with Crippen LogP contribution in [0.5, 0.6) is 17.2 Å². The van der Waals surface area contributed by atoms with Crippen LogP contribution in [0.25, 0.3) is 0 Å². The minimum atomic E-state index is -0.570. The van der Waals surface area contributed by atoms with Crippen LogP contribution in [0.4, 0.5) is 0 Å². The van der Waals surface area contributed by atoms with E-state index >= 15 is 0 Å². The first-order valence-corrected chi connectivity index (χ1v) is 19.1. The van der Waals surface area contributed by atoms with Gasteiger partial charge in [0.05, 0.1) is 0 Å². The van der Waals surface area contributed by atoms with Gasteiger partial charge >= 0.3 is 0 Å². The molecule has 3 nitrogen and oxygen atoms in total. The molecular formula is C46H62O3. The summed E-state index contributed by atoms with van der Waals surface area (Å²) in [6.45, 7) is 24.3. The predicted octanol–water partition coefficient (Wildman–Crippen LogP) is 11.8. The lowest BCUT2D eigenvalue weighted by Gasteiger charge is -2.38. The molecule has 0 saturated carbocycles. The summed E-state index contributed by atoms with van der Waals surface area (Å²) in [5.74, 6) is 1.61. The van der Waals surface area contributed by atoms with Crippen molar-refractivity contribution in [3.63, 3.8) is 0 Å². The zero-order valence-corrected chi connectivity index (χ0v) is 32.3. The molecule has 264 valence electrons. The van der Waals surface area contributed by atoms with Crippen molar-refractivity contribution < 1.29 is 15.3 Å². The molecule has 1 atom stereocenters. The summed E-state index contributed by atoms with van der Waals surface area (Å²) in [7, 11) is 0. The fourth-order valence-corrected chi connectivity index (χ4v) is 8.00. The van der Waals surface area contributed by atoms with Crippen LogP contribution in [0, 0.1) is 0 Å². The Kier molecular flexibility index (Phi) is 12.3. The van der Waals surface area contributed by atoms with Gasteiger partial charge in [0, 0.05) is 11.3 Å². The maximum atomic E-state index is 11.3. The van der Waals surface area contributed by atoms with Crippen LogP contribution < -0.4 is 0 Å². The Bertz CT molecular complexity index is 1640. The topological polar surface area (TPSA) is 60.7 Å². The second-order valence-corrected chi connectivity index (χ2v) is 14.5. The minimum Gasteiger partial charge on any atom is -0.507 e. The highest BCUT2D eigenvalue weighted by molar-refractivity contribution is 5.62. The number of phenolic OH excluding ortho intramolecular Hbond substituents is 3. The molecule has 0 aliphatic carbocycles. The predicted molar refractivity (Wildman–Crippen MR) is 208 cm³/mol. The molecule has 49 heavy (non-hydrogen) atoms. The van der Waals surface area contributed by atoms with Gasteiger partial charge in [-0.1, -0.05) is 124 Å². The molecule has 0 saturated heterocycles. The van der Waals surface area contributed by atoms with Crippen molar-refractivity contribution in [2.45, 2.75) is 145 Å². The lowest BCUT2D eigenvalue weighted by molar-refractivity contribution is 0.460. The number of aromatic hydroxyl groups is 3. The molecule has 0 fully saturated rings. The average Bonchev–Trinajstić information content (AvgIpc) is 3.10. The Hall–Kier alpha value is -3.72. The van der Waals surface area contributed by atoms with Gasteiger partial charge in [-0.15, -0.1) is 0 Å². The number of benzene rings is 4. The summed E-state index contributed by atoms with van der Waals surface area (Å²) < 4.78 is 0. The average molecular weight is 663 g/mol.